The van der Waals surface area contributed by atoms with Crippen LogP contribution < -0.4 is 0 Å². The van der Waals surface area contributed by atoms with Crippen LogP contribution in [0.2, 0.25) is 0 Å². The third-order valence-corrected chi connectivity index (χ3v) is 5.60. The molecule has 1 aromatic carbocycles. The summed E-state index contributed by atoms with van der Waals surface area (Å²) in [4.78, 5) is 0. The second-order valence-corrected chi connectivity index (χ2v) is 7.34. The highest BCUT2D eigenvalue weighted by Gasteiger charge is 2.29. The van der Waals surface area contributed by atoms with Crippen molar-refractivity contribution in [1.29, 1.82) is 0 Å². The lowest BCUT2D eigenvalue weighted by atomic mass is 10.2. The molecule has 0 aliphatic heterocycles. The first-order valence-corrected chi connectivity index (χ1v) is 8.81. The third-order valence-electron chi connectivity index (χ3n) is 3.40. The van der Waals surface area contributed by atoms with Crippen LogP contribution in [0.4, 0.5) is 0 Å². The minimum absolute atomic E-state index is 0.0677. The minimum Gasteiger partial charge on any atom is -0.212 e. The van der Waals surface area contributed by atoms with Crippen molar-refractivity contribution in [3.8, 4) is 0 Å². The fraction of sp³-hybridized carbons (Fsp3) is 0.571. The molecule has 0 amide bonds. The van der Waals surface area contributed by atoms with Crippen molar-refractivity contribution < 1.29 is 8.42 Å². The van der Waals surface area contributed by atoms with Gasteiger partial charge in [-0.1, -0.05) is 31.2 Å². The molecule has 0 heterocycles. The Kier molecular flexibility index (Phi) is 4.87. The largest absolute Gasteiger partial charge is 0.218 e. The molecule has 2 rings (SSSR count). The number of halogens is 1. The van der Waals surface area contributed by atoms with Gasteiger partial charge >= 0.3 is 0 Å². The van der Waals surface area contributed by atoms with Gasteiger partial charge in [-0.05, 0) is 29.9 Å². The summed E-state index contributed by atoms with van der Waals surface area (Å²) in [6, 6.07) is 7.48. The van der Waals surface area contributed by atoms with E-state index in [-0.39, 0.29) is 5.75 Å². The van der Waals surface area contributed by atoms with E-state index in [1.54, 1.807) is 4.31 Å². The van der Waals surface area contributed by atoms with E-state index in [0.717, 1.165) is 24.0 Å². The first-order chi connectivity index (χ1) is 9.05. The summed E-state index contributed by atoms with van der Waals surface area (Å²) in [5.41, 5.74) is 1.77. The van der Waals surface area contributed by atoms with Crippen LogP contribution >= 0.6 is 11.6 Å². The number of hydrogen-bond donors (Lipinski definition) is 0. The van der Waals surface area contributed by atoms with E-state index < -0.39 is 10.0 Å². The Hall–Kier alpha value is -0.580. The SMILES string of the molecule is CCN(CC1CC1)S(=O)(=O)Cc1cccc(CCl)c1. The summed E-state index contributed by atoms with van der Waals surface area (Å²) in [7, 11) is -3.22. The van der Waals surface area contributed by atoms with E-state index in [0.29, 0.717) is 24.9 Å². The molecule has 0 spiro atoms. The molecule has 1 fully saturated rings. The monoisotopic (exact) mass is 301 g/mol. The van der Waals surface area contributed by atoms with Gasteiger partial charge in [0.05, 0.1) is 5.75 Å². The summed E-state index contributed by atoms with van der Waals surface area (Å²) >= 11 is 5.78. The van der Waals surface area contributed by atoms with Gasteiger partial charge in [-0.3, -0.25) is 0 Å². The standard InChI is InChI=1S/C14H20ClNO2S/c1-2-16(10-12-6-7-12)19(17,18)11-14-5-3-4-13(8-14)9-15/h3-5,8,12H,2,6-7,9-11H2,1H3. The second-order valence-electron chi connectivity index (χ2n) is 5.10. The van der Waals surface area contributed by atoms with Crippen LogP contribution in [0.3, 0.4) is 0 Å². The fourth-order valence-electron chi connectivity index (χ4n) is 2.13. The second kappa shape index (κ2) is 6.25. The Bertz CT molecular complexity index is 526. The number of sulfonamides is 1. The van der Waals surface area contributed by atoms with E-state index in [2.05, 4.69) is 0 Å². The smallest absolute Gasteiger partial charge is 0.212 e. The van der Waals surface area contributed by atoms with E-state index in [9.17, 15) is 8.42 Å². The lowest BCUT2D eigenvalue weighted by Crippen LogP contribution is -2.33. The number of nitrogens with zero attached hydrogens (tertiary/aromatic N) is 1. The third kappa shape index (κ3) is 4.20. The molecule has 19 heavy (non-hydrogen) atoms. The Labute approximate surface area is 120 Å². The first-order valence-electron chi connectivity index (χ1n) is 6.66. The van der Waals surface area contributed by atoms with Crippen molar-refractivity contribution in [2.45, 2.75) is 31.4 Å². The molecular formula is C14H20ClNO2S. The maximum atomic E-state index is 12.4. The van der Waals surface area contributed by atoms with Crippen LogP contribution in [0, 0.1) is 5.92 Å². The molecule has 0 unspecified atom stereocenters. The van der Waals surface area contributed by atoms with Gasteiger partial charge in [0.1, 0.15) is 0 Å². The molecule has 0 aromatic heterocycles. The van der Waals surface area contributed by atoms with Gasteiger partial charge in [0.2, 0.25) is 10.0 Å². The molecule has 0 atom stereocenters. The Morgan fingerprint density at radius 3 is 2.58 bits per heavy atom. The number of benzene rings is 1. The highest BCUT2D eigenvalue weighted by Crippen LogP contribution is 2.30. The molecule has 0 N–H and O–H groups in total. The molecule has 1 saturated carbocycles. The zero-order chi connectivity index (χ0) is 13.9. The predicted octanol–water partition coefficient (Wildman–Crippen LogP) is 2.99. The molecule has 0 radical (unpaired) electrons. The molecule has 1 aliphatic carbocycles. The van der Waals surface area contributed by atoms with Gasteiger partial charge in [0, 0.05) is 19.0 Å². The van der Waals surface area contributed by atoms with Gasteiger partial charge in [0.15, 0.2) is 0 Å². The summed E-state index contributed by atoms with van der Waals surface area (Å²) < 4.78 is 26.4. The van der Waals surface area contributed by atoms with Gasteiger partial charge < -0.3 is 0 Å². The van der Waals surface area contributed by atoms with Gasteiger partial charge in [-0.25, -0.2) is 12.7 Å². The molecule has 1 aliphatic rings. The number of rotatable bonds is 7. The van der Waals surface area contributed by atoms with Crippen molar-refractivity contribution in [3.05, 3.63) is 35.4 Å². The highest BCUT2D eigenvalue weighted by molar-refractivity contribution is 7.88. The Balaban J connectivity index is 2.09. The summed E-state index contributed by atoms with van der Waals surface area (Å²) in [6.07, 6.45) is 2.32. The maximum Gasteiger partial charge on any atom is 0.218 e. The minimum atomic E-state index is -3.22. The van der Waals surface area contributed by atoms with Crippen molar-refractivity contribution >= 4 is 21.6 Å². The Morgan fingerprint density at radius 1 is 1.32 bits per heavy atom. The molecule has 1 aromatic rings. The zero-order valence-corrected chi connectivity index (χ0v) is 12.8. The summed E-state index contributed by atoms with van der Waals surface area (Å²) in [5.74, 6) is 1.05. The lowest BCUT2D eigenvalue weighted by Gasteiger charge is -2.20. The van der Waals surface area contributed by atoms with Crippen LogP contribution in [0.1, 0.15) is 30.9 Å². The number of hydrogen-bond acceptors (Lipinski definition) is 2. The van der Waals surface area contributed by atoms with Crippen LogP contribution in [0.25, 0.3) is 0 Å². The Morgan fingerprint density at radius 2 is 2.00 bits per heavy atom. The molecule has 0 bridgehead atoms. The van der Waals surface area contributed by atoms with E-state index in [1.807, 2.05) is 31.2 Å². The highest BCUT2D eigenvalue weighted by atomic mass is 35.5. The molecule has 5 heteroatoms. The van der Waals surface area contributed by atoms with E-state index >= 15 is 0 Å². The van der Waals surface area contributed by atoms with Crippen molar-refractivity contribution in [2.75, 3.05) is 13.1 Å². The van der Waals surface area contributed by atoms with Crippen molar-refractivity contribution in [3.63, 3.8) is 0 Å². The van der Waals surface area contributed by atoms with Crippen LogP contribution in [0.15, 0.2) is 24.3 Å². The fourth-order valence-corrected chi connectivity index (χ4v) is 3.91. The van der Waals surface area contributed by atoms with Crippen LogP contribution in [-0.2, 0) is 21.7 Å². The number of alkyl halides is 1. The normalized spacial score (nSPS) is 15.9. The van der Waals surface area contributed by atoms with E-state index in [4.69, 9.17) is 11.6 Å². The predicted molar refractivity (Wildman–Crippen MR) is 78.6 cm³/mol. The molecule has 3 nitrogen and oxygen atoms in total. The molecular weight excluding hydrogens is 282 g/mol. The topological polar surface area (TPSA) is 37.4 Å². The van der Waals surface area contributed by atoms with Gasteiger partial charge in [-0.2, -0.15) is 0 Å². The molecule has 106 valence electrons. The molecule has 0 saturated heterocycles. The van der Waals surface area contributed by atoms with E-state index in [1.165, 1.54) is 0 Å². The van der Waals surface area contributed by atoms with Crippen molar-refractivity contribution in [1.82, 2.24) is 4.31 Å². The quantitative estimate of drug-likeness (QED) is 0.726. The van der Waals surface area contributed by atoms with Crippen LogP contribution in [-0.4, -0.2) is 25.8 Å². The first kappa shape index (κ1) is 14.8. The summed E-state index contributed by atoms with van der Waals surface area (Å²) in [5, 5.41) is 0. The average molecular weight is 302 g/mol. The van der Waals surface area contributed by atoms with Crippen LogP contribution in [0.5, 0.6) is 0 Å². The maximum absolute atomic E-state index is 12.4. The van der Waals surface area contributed by atoms with Gasteiger partial charge in [0.25, 0.3) is 0 Å². The average Bonchev–Trinajstić information content (AvgIpc) is 3.19. The van der Waals surface area contributed by atoms with Crippen molar-refractivity contribution in [2.24, 2.45) is 5.92 Å². The summed E-state index contributed by atoms with van der Waals surface area (Å²) in [6.45, 7) is 3.12. The van der Waals surface area contributed by atoms with Gasteiger partial charge in [-0.15, -0.1) is 11.6 Å². The zero-order valence-electron chi connectivity index (χ0n) is 11.2. The lowest BCUT2D eigenvalue weighted by molar-refractivity contribution is 0.411.